The first-order chi connectivity index (χ1) is 15.5. The minimum absolute atomic E-state index is 0.219. The van der Waals surface area contributed by atoms with Crippen molar-refractivity contribution in [3.63, 3.8) is 0 Å². The normalized spacial score (nSPS) is 17.4. The van der Waals surface area contributed by atoms with E-state index < -0.39 is 5.67 Å². The summed E-state index contributed by atoms with van der Waals surface area (Å²) in [5.74, 6) is 2.30. The maximum Gasteiger partial charge on any atom is 0.196 e. The van der Waals surface area contributed by atoms with Gasteiger partial charge in [-0.05, 0) is 60.4 Å². The molecule has 162 valence electrons. The number of hydrogen-bond donors (Lipinski definition) is 2. The second kappa shape index (κ2) is 7.48. The Morgan fingerprint density at radius 1 is 1.03 bits per heavy atom. The van der Waals surface area contributed by atoms with Gasteiger partial charge in [-0.2, -0.15) is 5.10 Å². The van der Waals surface area contributed by atoms with Gasteiger partial charge in [0.1, 0.15) is 17.3 Å². The molecule has 0 bridgehead atoms. The molecular formula is C24H23FN6S. The molecule has 1 aliphatic heterocycles. The summed E-state index contributed by atoms with van der Waals surface area (Å²) in [4.78, 5) is 12.5. The zero-order valence-corrected chi connectivity index (χ0v) is 18.5. The summed E-state index contributed by atoms with van der Waals surface area (Å²) in [7, 11) is 0. The highest BCUT2D eigenvalue weighted by molar-refractivity contribution is 7.99. The first-order valence-electron chi connectivity index (χ1n) is 10.8. The molecule has 0 atom stereocenters. The zero-order valence-electron chi connectivity index (χ0n) is 17.7. The van der Waals surface area contributed by atoms with E-state index in [1.807, 2.05) is 36.1 Å². The number of aromatic nitrogens is 4. The molecule has 1 aliphatic carbocycles. The van der Waals surface area contributed by atoms with Crippen molar-refractivity contribution in [3.05, 3.63) is 60.3 Å². The molecule has 0 spiro atoms. The fraction of sp³-hybridized carbons (Fsp3) is 0.292. The molecule has 32 heavy (non-hydrogen) atoms. The van der Waals surface area contributed by atoms with Crippen molar-refractivity contribution in [3.8, 4) is 0 Å². The number of hydrogen-bond acceptors (Lipinski definition) is 6. The number of aryl methyl sites for hydroxylation is 1. The second-order valence-corrected chi connectivity index (χ2v) is 9.77. The number of rotatable bonds is 6. The molecule has 0 radical (unpaired) electrons. The summed E-state index contributed by atoms with van der Waals surface area (Å²) >= 11 is 1.51. The van der Waals surface area contributed by atoms with Gasteiger partial charge in [0.25, 0.3) is 0 Å². The quantitative estimate of drug-likeness (QED) is 0.382. The summed E-state index contributed by atoms with van der Waals surface area (Å²) in [5, 5.41) is 13.4. The van der Waals surface area contributed by atoms with Crippen LogP contribution < -0.4 is 10.2 Å². The van der Waals surface area contributed by atoms with Gasteiger partial charge in [-0.25, -0.2) is 14.4 Å². The lowest BCUT2D eigenvalue weighted by Gasteiger charge is -2.45. The molecular weight excluding hydrogens is 423 g/mol. The Bertz CT molecular complexity index is 1290. The van der Waals surface area contributed by atoms with E-state index in [-0.39, 0.29) is 5.92 Å². The summed E-state index contributed by atoms with van der Waals surface area (Å²) in [6, 6.07) is 18.4. The Hall–Kier alpha value is -3.13. The van der Waals surface area contributed by atoms with Gasteiger partial charge in [0, 0.05) is 22.7 Å². The molecule has 8 heteroatoms. The van der Waals surface area contributed by atoms with E-state index in [9.17, 15) is 4.39 Å². The van der Waals surface area contributed by atoms with Crippen LogP contribution in [0.25, 0.3) is 10.8 Å². The summed E-state index contributed by atoms with van der Waals surface area (Å²) < 4.78 is 15.0. The van der Waals surface area contributed by atoms with E-state index in [2.05, 4.69) is 45.8 Å². The minimum atomic E-state index is -1.07. The number of alkyl halides is 1. The van der Waals surface area contributed by atoms with Crippen molar-refractivity contribution in [2.75, 3.05) is 23.3 Å². The Kier molecular flexibility index (Phi) is 4.57. The third kappa shape index (κ3) is 3.79. The zero-order chi connectivity index (χ0) is 21.7. The molecule has 0 amide bonds. The van der Waals surface area contributed by atoms with E-state index in [1.165, 1.54) is 22.5 Å². The smallest absolute Gasteiger partial charge is 0.196 e. The molecule has 2 fully saturated rings. The van der Waals surface area contributed by atoms with E-state index in [4.69, 9.17) is 9.97 Å². The van der Waals surface area contributed by atoms with Crippen LogP contribution in [0.1, 0.15) is 18.5 Å². The lowest BCUT2D eigenvalue weighted by atomic mass is 9.91. The van der Waals surface area contributed by atoms with E-state index in [1.54, 1.807) is 0 Å². The van der Waals surface area contributed by atoms with Crippen molar-refractivity contribution >= 4 is 40.0 Å². The summed E-state index contributed by atoms with van der Waals surface area (Å²) in [6.07, 6.45) is 2.00. The van der Waals surface area contributed by atoms with Gasteiger partial charge in [-0.15, -0.1) is 0 Å². The number of anilines is 3. The molecule has 2 N–H and O–H groups in total. The van der Waals surface area contributed by atoms with E-state index in [0.717, 1.165) is 29.2 Å². The maximum absolute atomic E-state index is 15.0. The van der Waals surface area contributed by atoms with Crippen LogP contribution in [0.3, 0.4) is 0 Å². The molecule has 1 saturated carbocycles. The predicted octanol–water partition coefficient (Wildman–Crippen LogP) is 5.49. The molecule has 2 aromatic carbocycles. The number of halogens is 1. The number of nitrogens with one attached hydrogen (secondary N) is 2. The summed E-state index contributed by atoms with van der Waals surface area (Å²) in [6.45, 7) is 2.74. The van der Waals surface area contributed by atoms with Crippen LogP contribution in [0.2, 0.25) is 0 Å². The topological polar surface area (TPSA) is 69.7 Å². The third-order valence-electron chi connectivity index (χ3n) is 6.12. The Balaban J connectivity index is 1.30. The Morgan fingerprint density at radius 3 is 2.59 bits per heavy atom. The molecule has 1 saturated heterocycles. The van der Waals surface area contributed by atoms with Gasteiger partial charge in [-0.3, -0.25) is 5.10 Å². The van der Waals surface area contributed by atoms with E-state index in [0.29, 0.717) is 29.9 Å². The lowest BCUT2D eigenvalue weighted by molar-refractivity contribution is 0.0924. The highest BCUT2D eigenvalue weighted by atomic mass is 32.2. The first kappa shape index (κ1) is 19.5. The number of fused-ring (bicyclic) bond motifs is 1. The summed E-state index contributed by atoms with van der Waals surface area (Å²) in [5.41, 5.74) is -0.106. The van der Waals surface area contributed by atoms with Crippen LogP contribution in [0.15, 0.2) is 64.6 Å². The fourth-order valence-corrected chi connectivity index (χ4v) is 5.06. The molecule has 6 rings (SSSR count). The third-order valence-corrected chi connectivity index (χ3v) is 6.98. The number of nitrogens with zero attached hydrogens (tertiary/aromatic N) is 4. The van der Waals surface area contributed by atoms with Crippen LogP contribution in [-0.2, 0) is 0 Å². The second-order valence-electron chi connectivity index (χ2n) is 8.73. The minimum Gasteiger partial charge on any atom is -0.350 e. The van der Waals surface area contributed by atoms with Crippen molar-refractivity contribution in [2.24, 2.45) is 5.92 Å². The average molecular weight is 447 g/mol. The van der Waals surface area contributed by atoms with Gasteiger partial charge < -0.3 is 10.2 Å². The predicted molar refractivity (Wildman–Crippen MR) is 125 cm³/mol. The molecule has 2 aliphatic rings. The number of aromatic amines is 1. The molecule has 4 aromatic rings. The SMILES string of the molecule is Cc1cc(Nc2cc(N3CC(F)(C4CC4)C3)nc(Sc3ccc4ccccc4c3)n2)n[nH]1. The highest BCUT2D eigenvalue weighted by Crippen LogP contribution is 2.48. The van der Waals surface area contributed by atoms with Crippen LogP contribution in [-0.4, -0.2) is 38.9 Å². The average Bonchev–Trinajstić information content (AvgIpc) is 3.54. The first-order valence-corrected chi connectivity index (χ1v) is 11.6. The Labute approximate surface area is 189 Å². The Morgan fingerprint density at radius 2 is 1.84 bits per heavy atom. The van der Waals surface area contributed by atoms with Crippen LogP contribution >= 0.6 is 11.8 Å². The van der Waals surface area contributed by atoms with Gasteiger partial charge >= 0.3 is 0 Å². The monoisotopic (exact) mass is 446 g/mol. The van der Waals surface area contributed by atoms with Gasteiger partial charge in [0.2, 0.25) is 0 Å². The fourth-order valence-electron chi connectivity index (χ4n) is 4.24. The van der Waals surface area contributed by atoms with Crippen molar-refractivity contribution < 1.29 is 4.39 Å². The van der Waals surface area contributed by atoms with Gasteiger partial charge in [0.05, 0.1) is 13.1 Å². The number of benzene rings is 2. The highest BCUT2D eigenvalue weighted by Gasteiger charge is 2.54. The van der Waals surface area contributed by atoms with Gasteiger partial charge in [-0.1, -0.05) is 30.3 Å². The lowest BCUT2D eigenvalue weighted by Crippen LogP contribution is -2.60. The molecule has 0 unspecified atom stereocenters. The van der Waals surface area contributed by atoms with Crippen LogP contribution in [0.5, 0.6) is 0 Å². The van der Waals surface area contributed by atoms with Crippen LogP contribution in [0, 0.1) is 12.8 Å². The van der Waals surface area contributed by atoms with Crippen LogP contribution in [0.4, 0.5) is 21.8 Å². The van der Waals surface area contributed by atoms with Crippen molar-refractivity contribution in [1.82, 2.24) is 20.2 Å². The van der Waals surface area contributed by atoms with Crippen molar-refractivity contribution in [2.45, 2.75) is 35.5 Å². The maximum atomic E-state index is 15.0. The van der Waals surface area contributed by atoms with Crippen molar-refractivity contribution in [1.29, 1.82) is 0 Å². The largest absolute Gasteiger partial charge is 0.350 e. The standard InChI is InChI=1S/C24H23FN6S/c1-15-10-21(30-29-15)26-20-12-22(31-13-24(25,14-31)18-7-8-18)28-23(27-20)32-19-9-6-16-4-2-3-5-17(16)11-19/h2-6,9-12,18H,7-8,13-14H2,1H3,(H2,26,27,28,29,30). The number of H-pyrrole nitrogens is 1. The molecule has 6 nitrogen and oxygen atoms in total. The molecule has 2 aromatic heterocycles. The van der Waals surface area contributed by atoms with E-state index >= 15 is 0 Å². The molecule has 3 heterocycles. The van der Waals surface area contributed by atoms with Gasteiger partial charge in [0.15, 0.2) is 11.0 Å².